The number of benzene rings is 2. The second-order valence-corrected chi connectivity index (χ2v) is 6.17. The van der Waals surface area contributed by atoms with Crippen LogP contribution in [-0.2, 0) is 11.3 Å². The van der Waals surface area contributed by atoms with E-state index in [1.54, 1.807) is 12.1 Å². The number of hydrogen-bond donors (Lipinski definition) is 2. The summed E-state index contributed by atoms with van der Waals surface area (Å²) in [5, 5.41) is 5.66. The van der Waals surface area contributed by atoms with Gasteiger partial charge in [0.2, 0.25) is 5.91 Å². The van der Waals surface area contributed by atoms with Gasteiger partial charge in [-0.25, -0.2) is 4.39 Å². The minimum atomic E-state index is -0.486. The summed E-state index contributed by atoms with van der Waals surface area (Å²) in [5.41, 5.74) is 1.85. The number of halogens is 2. The third-order valence-electron chi connectivity index (χ3n) is 3.80. The van der Waals surface area contributed by atoms with Crippen LogP contribution >= 0.6 is 11.6 Å². The van der Waals surface area contributed by atoms with Crippen molar-refractivity contribution in [2.75, 3.05) is 5.32 Å². The highest BCUT2D eigenvalue weighted by Gasteiger charge is 2.29. The molecule has 1 saturated carbocycles. The maximum atomic E-state index is 13.0. The lowest BCUT2D eigenvalue weighted by Crippen LogP contribution is -2.23. The summed E-state index contributed by atoms with van der Waals surface area (Å²) in [7, 11) is 0. The van der Waals surface area contributed by atoms with Crippen LogP contribution in [0.3, 0.4) is 0 Å². The Balaban J connectivity index is 1.56. The quantitative estimate of drug-likeness (QED) is 0.866. The summed E-state index contributed by atoms with van der Waals surface area (Å²) in [5.74, 6) is -0.641. The van der Waals surface area contributed by atoms with E-state index in [1.807, 2.05) is 12.1 Å². The molecule has 2 amide bonds. The average molecular weight is 347 g/mol. The molecule has 0 aromatic heterocycles. The van der Waals surface area contributed by atoms with Crippen molar-refractivity contribution in [3.63, 3.8) is 0 Å². The van der Waals surface area contributed by atoms with Crippen molar-refractivity contribution in [2.24, 2.45) is 5.92 Å². The van der Waals surface area contributed by atoms with Crippen LogP contribution < -0.4 is 10.6 Å². The van der Waals surface area contributed by atoms with E-state index in [0.717, 1.165) is 30.2 Å². The van der Waals surface area contributed by atoms with E-state index in [0.29, 0.717) is 6.54 Å². The van der Waals surface area contributed by atoms with Crippen LogP contribution in [0.1, 0.15) is 28.8 Å². The predicted octanol–water partition coefficient (Wildman–Crippen LogP) is 3.76. The van der Waals surface area contributed by atoms with Crippen molar-refractivity contribution in [1.29, 1.82) is 0 Å². The molecule has 0 saturated heterocycles. The van der Waals surface area contributed by atoms with Crippen molar-refractivity contribution in [2.45, 2.75) is 19.4 Å². The molecule has 3 rings (SSSR count). The molecule has 2 aromatic rings. The molecule has 0 spiro atoms. The zero-order chi connectivity index (χ0) is 17.1. The summed E-state index contributed by atoms with van der Waals surface area (Å²) < 4.78 is 13.0. The van der Waals surface area contributed by atoms with E-state index in [1.165, 1.54) is 12.1 Å². The van der Waals surface area contributed by atoms with Crippen LogP contribution in [-0.4, -0.2) is 11.8 Å². The fraction of sp³-hybridized carbons (Fsp3) is 0.222. The average Bonchev–Trinajstić information content (AvgIpc) is 3.39. The highest BCUT2D eigenvalue weighted by molar-refractivity contribution is 6.33. The summed E-state index contributed by atoms with van der Waals surface area (Å²) in [6.07, 6.45) is 1.92. The zero-order valence-electron chi connectivity index (χ0n) is 12.8. The standard InChI is InChI=1S/C18H16ClFN2O2/c19-16-9-13(20)5-8-15(16)18(24)21-10-11-1-6-14(7-2-11)22-17(23)12-3-4-12/h1-2,5-9,12H,3-4,10H2,(H,21,24)(H,22,23). The van der Waals surface area contributed by atoms with Gasteiger partial charge in [-0.2, -0.15) is 0 Å². The Hall–Kier alpha value is -2.40. The lowest BCUT2D eigenvalue weighted by atomic mass is 10.1. The predicted molar refractivity (Wildman–Crippen MR) is 90.4 cm³/mol. The van der Waals surface area contributed by atoms with Gasteiger partial charge in [-0.15, -0.1) is 0 Å². The molecular weight excluding hydrogens is 331 g/mol. The molecule has 0 atom stereocenters. The molecule has 1 aliphatic rings. The summed E-state index contributed by atoms with van der Waals surface area (Å²) in [4.78, 5) is 23.7. The molecular formula is C18H16ClFN2O2. The molecule has 6 heteroatoms. The molecule has 24 heavy (non-hydrogen) atoms. The molecule has 0 bridgehead atoms. The highest BCUT2D eigenvalue weighted by atomic mass is 35.5. The lowest BCUT2D eigenvalue weighted by molar-refractivity contribution is -0.117. The number of carbonyl (C=O) groups excluding carboxylic acids is 2. The smallest absolute Gasteiger partial charge is 0.253 e. The second-order valence-electron chi connectivity index (χ2n) is 5.77. The first-order chi connectivity index (χ1) is 11.5. The van der Waals surface area contributed by atoms with Crippen molar-refractivity contribution in [1.82, 2.24) is 5.32 Å². The Bertz CT molecular complexity index is 773. The van der Waals surface area contributed by atoms with E-state index >= 15 is 0 Å². The third-order valence-corrected chi connectivity index (χ3v) is 4.11. The van der Waals surface area contributed by atoms with E-state index < -0.39 is 5.82 Å². The minimum Gasteiger partial charge on any atom is -0.348 e. The maximum Gasteiger partial charge on any atom is 0.253 e. The van der Waals surface area contributed by atoms with E-state index in [9.17, 15) is 14.0 Å². The topological polar surface area (TPSA) is 58.2 Å². The van der Waals surface area contributed by atoms with Crippen molar-refractivity contribution < 1.29 is 14.0 Å². The van der Waals surface area contributed by atoms with Gasteiger partial charge in [0.15, 0.2) is 0 Å². The second kappa shape index (κ2) is 7.01. The largest absolute Gasteiger partial charge is 0.348 e. The van der Waals surface area contributed by atoms with Crippen LogP contribution in [0.15, 0.2) is 42.5 Å². The SMILES string of the molecule is O=C(NCc1ccc(NC(=O)C2CC2)cc1)c1ccc(F)cc1Cl. The number of amides is 2. The van der Waals surface area contributed by atoms with Gasteiger partial charge in [-0.3, -0.25) is 9.59 Å². The minimum absolute atomic E-state index is 0.0574. The van der Waals surface area contributed by atoms with Crippen LogP contribution in [0.2, 0.25) is 5.02 Å². The molecule has 0 radical (unpaired) electrons. The number of nitrogens with one attached hydrogen (secondary N) is 2. The Morgan fingerprint density at radius 3 is 2.46 bits per heavy atom. The fourth-order valence-corrected chi connectivity index (χ4v) is 2.50. The van der Waals surface area contributed by atoms with Crippen LogP contribution in [0.4, 0.5) is 10.1 Å². The molecule has 2 N–H and O–H groups in total. The molecule has 0 unspecified atom stereocenters. The van der Waals surface area contributed by atoms with Crippen LogP contribution in [0, 0.1) is 11.7 Å². The van der Waals surface area contributed by atoms with Crippen LogP contribution in [0.25, 0.3) is 0 Å². The molecule has 1 aliphatic carbocycles. The van der Waals surface area contributed by atoms with Crippen LogP contribution in [0.5, 0.6) is 0 Å². The fourth-order valence-electron chi connectivity index (χ4n) is 2.25. The maximum absolute atomic E-state index is 13.0. The van der Waals surface area contributed by atoms with Gasteiger partial charge in [0, 0.05) is 18.2 Å². The Labute approximate surface area is 144 Å². The van der Waals surface area contributed by atoms with Gasteiger partial charge in [0.25, 0.3) is 5.91 Å². The van der Waals surface area contributed by atoms with Gasteiger partial charge in [-0.1, -0.05) is 23.7 Å². The summed E-state index contributed by atoms with van der Waals surface area (Å²) in [6, 6.07) is 10.9. The van der Waals surface area contributed by atoms with Gasteiger partial charge in [-0.05, 0) is 48.7 Å². The Morgan fingerprint density at radius 1 is 1.12 bits per heavy atom. The molecule has 2 aromatic carbocycles. The van der Waals surface area contributed by atoms with E-state index in [-0.39, 0.29) is 28.3 Å². The Kier molecular flexibility index (Phi) is 4.81. The third kappa shape index (κ3) is 4.11. The van der Waals surface area contributed by atoms with Gasteiger partial charge < -0.3 is 10.6 Å². The van der Waals surface area contributed by atoms with Crippen molar-refractivity contribution in [3.05, 3.63) is 64.4 Å². The van der Waals surface area contributed by atoms with Gasteiger partial charge >= 0.3 is 0 Å². The molecule has 0 heterocycles. The summed E-state index contributed by atoms with van der Waals surface area (Å²) >= 11 is 5.86. The number of anilines is 1. The highest BCUT2D eigenvalue weighted by Crippen LogP contribution is 2.30. The van der Waals surface area contributed by atoms with Crippen molar-refractivity contribution >= 4 is 29.1 Å². The molecule has 124 valence electrons. The summed E-state index contributed by atoms with van der Waals surface area (Å²) in [6.45, 7) is 0.309. The molecule has 4 nitrogen and oxygen atoms in total. The first-order valence-electron chi connectivity index (χ1n) is 7.66. The van der Waals surface area contributed by atoms with Gasteiger partial charge in [0.05, 0.1) is 10.6 Å². The first-order valence-corrected chi connectivity index (χ1v) is 8.04. The monoisotopic (exact) mass is 346 g/mol. The van der Waals surface area contributed by atoms with Gasteiger partial charge in [0.1, 0.15) is 5.82 Å². The zero-order valence-corrected chi connectivity index (χ0v) is 13.6. The lowest BCUT2D eigenvalue weighted by Gasteiger charge is -2.08. The van der Waals surface area contributed by atoms with E-state index in [2.05, 4.69) is 10.6 Å². The van der Waals surface area contributed by atoms with E-state index in [4.69, 9.17) is 11.6 Å². The van der Waals surface area contributed by atoms with Crippen molar-refractivity contribution in [3.8, 4) is 0 Å². The number of carbonyl (C=O) groups is 2. The normalized spacial score (nSPS) is 13.4. The number of rotatable bonds is 5. The molecule has 0 aliphatic heterocycles. The number of hydrogen-bond acceptors (Lipinski definition) is 2. The Morgan fingerprint density at radius 2 is 1.83 bits per heavy atom. The first kappa shape index (κ1) is 16.5. The molecule has 1 fully saturated rings.